The van der Waals surface area contributed by atoms with Crippen LogP contribution in [-0.2, 0) is 16.6 Å². The molecule has 1 aliphatic heterocycles. The highest BCUT2D eigenvalue weighted by atomic mass is 35.5. The molecular weight excluding hydrogens is 598 g/mol. The maximum absolute atomic E-state index is 12.7. The van der Waals surface area contributed by atoms with Crippen LogP contribution in [0, 0.1) is 6.92 Å². The number of hydrogen-bond donors (Lipinski definition) is 3. The number of ether oxygens (including phenoxy) is 1. The fraction of sp³-hybridized carbons (Fsp3) is 0.364. The van der Waals surface area contributed by atoms with Gasteiger partial charge in [0.15, 0.2) is 18.3 Å². The second-order valence-electron chi connectivity index (χ2n) is 13.0. The number of halogens is 1. The number of aliphatic hydroxyl groups excluding tert-OH is 1. The average molecular weight is 634 g/mol. The number of carboxylic acids is 1. The van der Waals surface area contributed by atoms with Gasteiger partial charge in [0.05, 0.1) is 21.3 Å². The van der Waals surface area contributed by atoms with E-state index in [1.54, 1.807) is 12.1 Å². The van der Waals surface area contributed by atoms with Crippen LogP contribution in [0.25, 0.3) is 42.8 Å². The summed E-state index contributed by atoms with van der Waals surface area (Å²) in [6.07, 6.45) is -2.04. The maximum Gasteiger partial charge on any atom is 0.337 e. The molecule has 0 spiro atoms. The number of nitrogens with zero attached hydrogens (tertiary/aromatic N) is 4. The highest BCUT2D eigenvalue weighted by Gasteiger charge is 2.38. The second kappa shape index (κ2) is 10.8. The molecule has 1 aliphatic rings. The standard InChI is InChI=1S/C33H36ClN5O4S/c1-17-14-22-27(25(18-8-11-20(34)12-9-18)24(17)26(30(40)41)43-32(2,3)4)44-29(35-22)19-10-13-23-21(15-19)28(37-38(23)7)39-16-33(5,6)36-31(39)42/h8-15,26,31,36,42H,16H2,1-7H3,(H,40,41)/t26-,31?/m0/s1. The number of nitrogens with one attached hydrogen (secondary N) is 1. The molecule has 230 valence electrons. The van der Waals surface area contributed by atoms with E-state index in [0.29, 0.717) is 22.9 Å². The van der Waals surface area contributed by atoms with Gasteiger partial charge in [0.25, 0.3) is 0 Å². The van der Waals surface area contributed by atoms with Crippen molar-refractivity contribution in [3.63, 3.8) is 0 Å². The molecule has 11 heteroatoms. The zero-order valence-corrected chi connectivity index (χ0v) is 27.3. The van der Waals surface area contributed by atoms with Crippen LogP contribution in [0.15, 0.2) is 48.5 Å². The van der Waals surface area contributed by atoms with Crippen LogP contribution in [-0.4, -0.2) is 55.0 Å². The summed E-state index contributed by atoms with van der Waals surface area (Å²) in [5.41, 5.74) is 4.62. The number of anilines is 1. The molecule has 1 unspecified atom stereocenters. The summed E-state index contributed by atoms with van der Waals surface area (Å²) in [6, 6.07) is 15.5. The van der Waals surface area contributed by atoms with Crippen LogP contribution in [0.2, 0.25) is 5.02 Å². The van der Waals surface area contributed by atoms with Gasteiger partial charge in [-0.05, 0) is 89.1 Å². The van der Waals surface area contributed by atoms with Crippen molar-refractivity contribution in [2.24, 2.45) is 7.05 Å². The van der Waals surface area contributed by atoms with Crippen LogP contribution >= 0.6 is 22.9 Å². The van der Waals surface area contributed by atoms with Crippen LogP contribution in [0.1, 0.15) is 51.8 Å². The number of fused-ring (bicyclic) bond motifs is 2. The summed E-state index contributed by atoms with van der Waals surface area (Å²) in [6.45, 7) is 12.1. The summed E-state index contributed by atoms with van der Waals surface area (Å²) in [5, 5.41) is 31.4. The van der Waals surface area contributed by atoms with Crippen molar-refractivity contribution in [3.05, 3.63) is 64.7 Å². The van der Waals surface area contributed by atoms with E-state index in [4.69, 9.17) is 26.4 Å². The van der Waals surface area contributed by atoms with Gasteiger partial charge in [-0.15, -0.1) is 11.3 Å². The molecule has 3 aromatic carbocycles. The van der Waals surface area contributed by atoms with E-state index in [-0.39, 0.29) is 5.54 Å². The number of carbonyl (C=O) groups is 1. The van der Waals surface area contributed by atoms with E-state index in [1.807, 2.05) is 88.5 Å². The maximum atomic E-state index is 12.7. The summed E-state index contributed by atoms with van der Waals surface area (Å²) in [7, 11) is 1.89. The number of aliphatic carboxylic acids is 1. The lowest BCUT2D eigenvalue weighted by Gasteiger charge is -2.28. The first kappa shape index (κ1) is 30.5. The van der Waals surface area contributed by atoms with Gasteiger partial charge in [-0.2, -0.15) is 5.10 Å². The van der Waals surface area contributed by atoms with E-state index in [1.165, 1.54) is 11.3 Å². The number of carboxylic acid groups (broad SMARTS) is 1. The number of aromatic nitrogens is 3. The quantitative estimate of drug-likeness (QED) is 0.185. The minimum atomic E-state index is -1.19. The SMILES string of the molecule is Cc1cc2nc(-c3ccc4c(c3)c(N3CC(C)(C)NC3O)nn4C)sc2c(-c2ccc(Cl)cc2)c1[C@H](OC(C)(C)C)C(=O)O. The first-order chi connectivity index (χ1) is 20.6. The van der Waals surface area contributed by atoms with E-state index in [0.717, 1.165) is 48.4 Å². The Labute approximate surface area is 265 Å². The Morgan fingerprint density at radius 1 is 1.16 bits per heavy atom. The number of aryl methyl sites for hydroxylation is 2. The molecule has 2 aromatic heterocycles. The normalized spacial score (nSPS) is 17.6. The fourth-order valence-corrected chi connectivity index (χ4v) is 7.18. The largest absolute Gasteiger partial charge is 0.479 e. The van der Waals surface area contributed by atoms with Gasteiger partial charge in [-0.3, -0.25) is 10.00 Å². The Morgan fingerprint density at radius 2 is 1.84 bits per heavy atom. The van der Waals surface area contributed by atoms with Crippen LogP contribution < -0.4 is 10.2 Å². The molecule has 0 amide bonds. The molecule has 1 saturated heterocycles. The van der Waals surface area contributed by atoms with E-state index >= 15 is 0 Å². The molecule has 6 rings (SSSR count). The van der Waals surface area contributed by atoms with Crippen molar-refractivity contribution in [1.29, 1.82) is 0 Å². The van der Waals surface area contributed by atoms with E-state index in [9.17, 15) is 15.0 Å². The fourth-order valence-electron chi connectivity index (χ4n) is 5.93. The zero-order valence-electron chi connectivity index (χ0n) is 25.8. The number of rotatable bonds is 6. The van der Waals surface area contributed by atoms with Crippen LogP contribution in [0.5, 0.6) is 0 Å². The molecule has 2 atom stereocenters. The molecule has 9 nitrogen and oxygen atoms in total. The molecule has 44 heavy (non-hydrogen) atoms. The Hall–Kier alpha value is -3.54. The first-order valence-corrected chi connectivity index (χ1v) is 15.6. The van der Waals surface area contributed by atoms with Gasteiger partial charge in [-0.1, -0.05) is 23.7 Å². The van der Waals surface area contributed by atoms with Crippen molar-refractivity contribution in [2.75, 3.05) is 11.4 Å². The van der Waals surface area contributed by atoms with E-state index in [2.05, 4.69) is 11.4 Å². The third-order valence-electron chi connectivity index (χ3n) is 7.75. The second-order valence-corrected chi connectivity index (χ2v) is 14.4. The molecule has 0 radical (unpaired) electrons. The van der Waals surface area contributed by atoms with Gasteiger partial charge < -0.3 is 19.8 Å². The van der Waals surface area contributed by atoms with Crippen molar-refractivity contribution in [3.8, 4) is 21.7 Å². The lowest BCUT2D eigenvalue weighted by molar-refractivity contribution is -0.160. The number of thiazole rings is 1. The number of hydrogen-bond acceptors (Lipinski definition) is 8. The molecule has 3 heterocycles. The number of benzene rings is 3. The Kier molecular flexibility index (Phi) is 7.49. The van der Waals surface area contributed by atoms with Crippen molar-refractivity contribution < 1.29 is 19.7 Å². The monoisotopic (exact) mass is 633 g/mol. The summed E-state index contributed by atoms with van der Waals surface area (Å²) < 4.78 is 8.83. The minimum Gasteiger partial charge on any atom is -0.479 e. The average Bonchev–Trinajstić information content (AvgIpc) is 3.58. The third-order valence-corrected chi connectivity index (χ3v) is 9.14. The Balaban J connectivity index is 1.55. The third kappa shape index (κ3) is 5.57. The summed E-state index contributed by atoms with van der Waals surface area (Å²) in [5.74, 6) is -0.363. The van der Waals surface area contributed by atoms with Crippen LogP contribution in [0.3, 0.4) is 0 Å². The molecule has 0 aliphatic carbocycles. The minimum absolute atomic E-state index is 0.272. The lowest BCUT2D eigenvalue weighted by atomic mass is 9.91. The first-order valence-electron chi connectivity index (χ1n) is 14.4. The molecular formula is C33H36ClN5O4S. The predicted molar refractivity (Wildman–Crippen MR) is 176 cm³/mol. The Bertz CT molecular complexity index is 1910. The van der Waals surface area contributed by atoms with Gasteiger partial charge in [-0.25, -0.2) is 9.78 Å². The highest BCUT2D eigenvalue weighted by molar-refractivity contribution is 7.22. The molecule has 3 N–H and O–H groups in total. The van der Waals surface area contributed by atoms with E-state index < -0.39 is 24.0 Å². The predicted octanol–water partition coefficient (Wildman–Crippen LogP) is 6.88. The topological polar surface area (TPSA) is 113 Å². The van der Waals surface area contributed by atoms with Gasteiger partial charge in [0, 0.05) is 46.2 Å². The summed E-state index contributed by atoms with van der Waals surface area (Å²) in [4.78, 5) is 19.6. The van der Waals surface area contributed by atoms with Crippen molar-refractivity contribution >= 4 is 55.8 Å². The van der Waals surface area contributed by atoms with Gasteiger partial charge >= 0.3 is 5.97 Å². The van der Waals surface area contributed by atoms with Gasteiger partial charge in [0.2, 0.25) is 0 Å². The molecule has 0 bridgehead atoms. The molecule has 0 saturated carbocycles. The van der Waals surface area contributed by atoms with Crippen LogP contribution in [0.4, 0.5) is 5.82 Å². The highest BCUT2D eigenvalue weighted by Crippen LogP contribution is 2.45. The smallest absolute Gasteiger partial charge is 0.337 e. The number of aliphatic hydroxyl groups is 1. The van der Waals surface area contributed by atoms with Crippen molar-refractivity contribution in [2.45, 2.75) is 65.1 Å². The van der Waals surface area contributed by atoms with Crippen molar-refractivity contribution in [1.82, 2.24) is 20.1 Å². The zero-order chi connectivity index (χ0) is 31.7. The molecule has 1 fully saturated rings. The summed E-state index contributed by atoms with van der Waals surface area (Å²) >= 11 is 7.75. The Morgan fingerprint density at radius 3 is 2.45 bits per heavy atom. The molecule has 5 aromatic rings. The lowest BCUT2D eigenvalue weighted by Crippen LogP contribution is -2.39. The van der Waals surface area contributed by atoms with Gasteiger partial charge in [0.1, 0.15) is 5.01 Å².